The SMILES string of the molecule is Cc1nc(C(=O)NC2CCc3cc(C#N)ccc32)c(N)nc1-c1ncco1. The molecule has 1 aliphatic rings. The number of benzene rings is 1. The van der Waals surface area contributed by atoms with Gasteiger partial charge in [0.15, 0.2) is 11.5 Å². The number of oxazole rings is 1. The Kier molecular flexibility index (Phi) is 4.05. The van der Waals surface area contributed by atoms with Gasteiger partial charge in [-0.1, -0.05) is 6.07 Å². The number of hydrogen-bond acceptors (Lipinski definition) is 7. The van der Waals surface area contributed by atoms with Crippen LogP contribution in [0.1, 0.15) is 45.3 Å². The Bertz CT molecular complexity index is 1070. The van der Waals surface area contributed by atoms with E-state index in [1.165, 1.54) is 12.5 Å². The second kappa shape index (κ2) is 6.53. The van der Waals surface area contributed by atoms with Crippen molar-refractivity contribution in [1.82, 2.24) is 20.3 Å². The summed E-state index contributed by atoms with van der Waals surface area (Å²) in [6.07, 6.45) is 4.50. The number of hydrogen-bond donors (Lipinski definition) is 2. The van der Waals surface area contributed by atoms with Gasteiger partial charge >= 0.3 is 0 Å². The molecule has 8 heteroatoms. The van der Waals surface area contributed by atoms with Crippen LogP contribution in [0.2, 0.25) is 0 Å². The van der Waals surface area contributed by atoms with Crippen molar-refractivity contribution in [3.05, 3.63) is 58.7 Å². The third kappa shape index (κ3) is 3.00. The number of fused-ring (bicyclic) bond motifs is 1. The number of carbonyl (C=O) groups is 1. The van der Waals surface area contributed by atoms with Gasteiger partial charge in [-0.2, -0.15) is 5.26 Å². The molecule has 0 fully saturated rings. The first-order valence-corrected chi connectivity index (χ1v) is 8.44. The summed E-state index contributed by atoms with van der Waals surface area (Å²) in [4.78, 5) is 25.3. The van der Waals surface area contributed by atoms with E-state index in [1.807, 2.05) is 12.1 Å². The van der Waals surface area contributed by atoms with Crippen LogP contribution in [0, 0.1) is 18.3 Å². The van der Waals surface area contributed by atoms with E-state index >= 15 is 0 Å². The molecule has 134 valence electrons. The van der Waals surface area contributed by atoms with Gasteiger partial charge in [0.2, 0.25) is 5.89 Å². The molecule has 0 bridgehead atoms. The van der Waals surface area contributed by atoms with Crippen LogP contribution >= 0.6 is 0 Å². The average Bonchev–Trinajstić information content (AvgIpc) is 3.33. The van der Waals surface area contributed by atoms with E-state index in [0.29, 0.717) is 22.8 Å². The summed E-state index contributed by atoms with van der Waals surface area (Å²) < 4.78 is 5.23. The van der Waals surface area contributed by atoms with Crippen LogP contribution < -0.4 is 11.1 Å². The van der Waals surface area contributed by atoms with E-state index in [-0.39, 0.29) is 23.5 Å². The van der Waals surface area contributed by atoms with Gasteiger partial charge in [-0.3, -0.25) is 4.79 Å². The third-order valence-corrected chi connectivity index (χ3v) is 4.60. The van der Waals surface area contributed by atoms with Crippen molar-refractivity contribution in [3.8, 4) is 17.7 Å². The molecule has 1 aliphatic carbocycles. The van der Waals surface area contributed by atoms with Crippen molar-refractivity contribution in [2.45, 2.75) is 25.8 Å². The number of carbonyl (C=O) groups excluding carboxylic acids is 1. The van der Waals surface area contributed by atoms with Crippen molar-refractivity contribution in [2.75, 3.05) is 5.73 Å². The summed E-state index contributed by atoms with van der Waals surface area (Å²) >= 11 is 0. The van der Waals surface area contributed by atoms with Gasteiger partial charge in [0.05, 0.1) is 29.6 Å². The van der Waals surface area contributed by atoms with Crippen molar-refractivity contribution < 1.29 is 9.21 Å². The maximum atomic E-state index is 12.7. The topological polar surface area (TPSA) is 131 Å². The number of aromatic nitrogens is 3. The monoisotopic (exact) mass is 360 g/mol. The number of nitriles is 1. The first kappa shape index (κ1) is 16.7. The van der Waals surface area contributed by atoms with Gasteiger partial charge in [-0.25, -0.2) is 15.0 Å². The summed E-state index contributed by atoms with van der Waals surface area (Å²) in [6.45, 7) is 1.72. The van der Waals surface area contributed by atoms with Gasteiger partial charge in [0.25, 0.3) is 5.91 Å². The molecule has 4 rings (SSSR count). The number of anilines is 1. The highest BCUT2D eigenvalue weighted by Crippen LogP contribution is 2.32. The molecule has 27 heavy (non-hydrogen) atoms. The van der Waals surface area contributed by atoms with E-state index in [1.54, 1.807) is 13.0 Å². The molecule has 2 aromatic heterocycles. The Labute approximate surface area is 155 Å². The van der Waals surface area contributed by atoms with Crippen molar-refractivity contribution in [1.29, 1.82) is 5.26 Å². The van der Waals surface area contributed by atoms with Gasteiger partial charge in [-0.15, -0.1) is 0 Å². The molecule has 0 saturated carbocycles. The quantitative estimate of drug-likeness (QED) is 0.732. The first-order valence-electron chi connectivity index (χ1n) is 8.44. The number of nitrogens with two attached hydrogens (primary N) is 1. The minimum absolute atomic E-state index is 0.0179. The summed E-state index contributed by atoms with van der Waals surface area (Å²) in [5.74, 6) is -0.0645. The van der Waals surface area contributed by atoms with E-state index < -0.39 is 0 Å². The Morgan fingerprint density at radius 2 is 2.26 bits per heavy atom. The zero-order valence-corrected chi connectivity index (χ0v) is 14.6. The normalized spacial score (nSPS) is 15.2. The lowest BCUT2D eigenvalue weighted by Gasteiger charge is -2.15. The third-order valence-electron chi connectivity index (χ3n) is 4.60. The molecule has 0 saturated heterocycles. The molecule has 3 N–H and O–H groups in total. The molecule has 8 nitrogen and oxygen atoms in total. The number of nitrogens with zero attached hydrogens (tertiary/aromatic N) is 4. The Balaban J connectivity index is 1.58. The van der Waals surface area contributed by atoms with Crippen LogP contribution in [0.4, 0.5) is 5.82 Å². The molecule has 0 aliphatic heterocycles. The highest BCUT2D eigenvalue weighted by atomic mass is 16.3. The molecule has 1 aromatic carbocycles. The molecular formula is C19H16N6O2. The molecule has 0 spiro atoms. The van der Waals surface area contributed by atoms with Gasteiger partial charge < -0.3 is 15.5 Å². The summed E-state index contributed by atoms with van der Waals surface area (Å²) in [5, 5.41) is 12.0. The van der Waals surface area contributed by atoms with Crippen LogP contribution in [0.25, 0.3) is 11.6 Å². The standard InChI is InChI=1S/C19H16N6O2/c1-10-15(19-22-6-7-27-19)25-17(21)16(23-10)18(26)24-14-5-3-12-8-11(9-20)2-4-13(12)14/h2,4,6-8,14H,3,5H2,1H3,(H2,21,25)(H,24,26). The number of nitrogen functional groups attached to an aromatic ring is 1. The van der Waals surface area contributed by atoms with Crippen molar-refractivity contribution in [2.24, 2.45) is 0 Å². The Morgan fingerprint density at radius 3 is 3.00 bits per heavy atom. The van der Waals surface area contributed by atoms with Crippen LogP contribution in [0.5, 0.6) is 0 Å². The van der Waals surface area contributed by atoms with E-state index in [0.717, 1.165) is 24.0 Å². The van der Waals surface area contributed by atoms with Crippen molar-refractivity contribution in [3.63, 3.8) is 0 Å². The van der Waals surface area contributed by atoms with E-state index in [4.69, 9.17) is 15.4 Å². The minimum Gasteiger partial charge on any atom is -0.443 e. The lowest BCUT2D eigenvalue weighted by Crippen LogP contribution is -2.29. The zero-order chi connectivity index (χ0) is 19.0. The van der Waals surface area contributed by atoms with E-state index in [9.17, 15) is 4.79 Å². The molecule has 1 atom stereocenters. The highest BCUT2D eigenvalue weighted by molar-refractivity contribution is 5.97. The number of aryl methyl sites for hydroxylation is 2. The van der Waals surface area contributed by atoms with Crippen LogP contribution in [0.3, 0.4) is 0 Å². The second-order valence-corrected chi connectivity index (χ2v) is 6.32. The van der Waals surface area contributed by atoms with Gasteiger partial charge in [0, 0.05) is 0 Å². The lowest BCUT2D eigenvalue weighted by atomic mass is 10.1. The lowest BCUT2D eigenvalue weighted by molar-refractivity contribution is 0.0932. The first-order chi connectivity index (χ1) is 13.1. The fraction of sp³-hybridized carbons (Fsp3) is 0.211. The van der Waals surface area contributed by atoms with Crippen LogP contribution in [-0.2, 0) is 6.42 Å². The minimum atomic E-state index is -0.385. The molecular weight excluding hydrogens is 344 g/mol. The smallest absolute Gasteiger partial charge is 0.274 e. The molecule has 1 amide bonds. The fourth-order valence-electron chi connectivity index (χ4n) is 3.31. The predicted octanol–water partition coefficient (Wildman–Crippen LogP) is 2.31. The maximum Gasteiger partial charge on any atom is 0.274 e. The fourth-order valence-corrected chi connectivity index (χ4v) is 3.31. The second-order valence-electron chi connectivity index (χ2n) is 6.32. The molecule has 1 unspecified atom stereocenters. The number of amides is 1. The Hall–Kier alpha value is -3.73. The number of rotatable bonds is 3. The molecule has 3 aromatic rings. The average molecular weight is 360 g/mol. The maximum absolute atomic E-state index is 12.7. The number of nitrogens with one attached hydrogen (secondary N) is 1. The van der Waals surface area contributed by atoms with Crippen LogP contribution in [0.15, 0.2) is 35.1 Å². The summed E-state index contributed by atoms with van der Waals surface area (Å²) in [6, 6.07) is 7.50. The highest BCUT2D eigenvalue weighted by Gasteiger charge is 2.26. The van der Waals surface area contributed by atoms with Gasteiger partial charge in [-0.05, 0) is 43.0 Å². The Morgan fingerprint density at radius 1 is 1.41 bits per heavy atom. The van der Waals surface area contributed by atoms with Gasteiger partial charge in [0.1, 0.15) is 12.0 Å². The predicted molar refractivity (Wildman–Crippen MR) is 96.4 cm³/mol. The summed E-state index contributed by atoms with van der Waals surface area (Å²) in [7, 11) is 0. The molecule has 0 radical (unpaired) electrons. The summed E-state index contributed by atoms with van der Waals surface area (Å²) in [5.41, 5.74) is 9.66. The largest absolute Gasteiger partial charge is 0.443 e. The van der Waals surface area contributed by atoms with Crippen molar-refractivity contribution >= 4 is 11.7 Å². The van der Waals surface area contributed by atoms with Crippen LogP contribution in [-0.4, -0.2) is 20.9 Å². The molecule has 2 heterocycles. The van der Waals surface area contributed by atoms with E-state index in [2.05, 4.69) is 26.3 Å². The zero-order valence-electron chi connectivity index (χ0n) is 14.6.